The Balaban J connectivity index is 2.58. The van der Waals surface area contributed by atoms with E-state index >= 15 is 0 Å². The number of nitro groups is 1. The summed E-state index contributed by atoms with van der Waals surface area (Å²) in [7, 11) is -2.51. The Morgan fingerprint density at radius 3 is 2.80 bits per heavy atom. The molecule has 0 atom stereocenters. The number of nitrogens with zero attached hydrogens (tertiary/aromatic N) is 3. The molecule has 0 radical (unpaired) electrons. The number of non-ortho nitro benzene ring substituents is 1. The smallest absolute Gasteiger partial charge is 0.271 e. The largest absolute Gasteiger partial charge is 0.360 e. The Labute approximate surface area is 114 Å². The molecule has 8 nitrogen and oxygen atoms in total. The maximum atomic E-state index is 12.2. The summed E-state index contributed by atoms with van der Waals surface area (Å²) in [6.07, 6.45) is 1.26. The van der Waals surface area contributed by atoms with Gasteiger partial charge in [-0.25, -0.2) is 8.42 Å². The van der Waals surface area contributed by atoms with Crippen LogP contribution in [0.25, 0.3) is 10.9 Å². The topological polar surface area (TPSA) is 120 Å². The van der Waals surface area contributed by atoms with Crippen molar-refractivity contribution >= 4 is 26.6 Å². The first kappa shape index (κ1) is 14.0. The lowest BCUT2D eigenvalue weighted by atomic mass is 10.2. The maximum absolute atomic E-state index is 12.2. The van der Waals surface area contributed by atoms with Crippen LogP contribution in [0, 0.1) is 21.4 Å². The summed E-state index contributed by atoms with van der Waals surface area (Å²) in [6.45, 7) is -0.276. The van der Waals surface area contributed by atoms with Gasteiger partial charge in [-0.15, -0.1) is 0 Å². The van der Waals surface area contributed by atoms with Crippen molar-refractivity contribution in [2.45, 2.75) is 4.90 Å². The van der Waals surface area contributed by atoms with Crippen molar-refractivity contribution < 1.29 is 13.3 Å². The van der Waals surface area contributed by atoms with E-state index in [2.05, 4.69) is 4.98 Å². The van der Waals surface area contributed by atoms with Gasteiger partial charge in [-0.3, -0.25) is 10.1 Å². The van der Waals surface area contributed by atoms with Crippen LogP contribution in [0.2, 0.25) is 0 Å². The quantitative estimate of drug-likeness (QED) is 0.516. The molecule has 20 heavy (non-hydrogen) atoms. The van der Waals surface area contributed by atoms with Crippen LogP contribution >= 0.6 is 0 Å². The first-order valence-corrected chi connectivity index (χ1v) is 6.90. The molecule has 9 heteroatoms. The second-order valence-corrected chi connectivity index (χ2v) is 6.07. The van der Waals surface area contributed by atoms with Crippen LogP contribution in [0.5, 0.6) is 0 Å². The third-order valence-electron chi connectivity index (χ3n) is 2.82. The van der Waals surface area contributed by atoms with Crippen molar-refractivity contribution in [2.24, 2.45) is 0 Å². The molecule has 0 unspecified atom stereocenters. The standard InChI is InChI=1S/C11H10N4O4S/c1-14(5-4-12)20(18,19)11-7-13-10-6-8(15(16)17)2-3-9(10)11/h2-3,6-7,13H,5H2,1H3. The minimum Gasteiger partial charge on any atom is -0.360 e. The van der Waals surface area contributed by atoms with Gasteiger partial charge >= 0.3 is 0 Å². The number of fused-ring (bicyclic) bond motifs is 1. The zero-order chi connectivity index (χ0) is 14.9. The first-order valence-electron chi connectivity index (χ1n) is 5.46. The summed E-state index contributed by atoms with van der Waals surface area (Å²) < 4.78 is 25.4. The molecular weight excluding hydrogens is 284 g/mol. The zero-order valence-electron chi connectivity index (χ0n) is 10.4. The molecule has 0 aliphatic carbocycles. The number of aromatic amines is 1. The summed E-state index contributed by atoms with van der Waals surface area (Å²) in [5.74, 6) is 0. The van der Waals surface area contributed by atoms with E-state index in [0.29, 0.717) is 10.9 Å². The monoisotopic (exact) mass is 294 g/mol. The molecular formula is C11H10N4O4S. The van der Waals surface area contributed by atoms with Crippen LogP contribution in [0.4, 0.5) is 5.69 Å². The number of benzene rings is 1. The molecule has 0 aliphatic heterocycles. The normalized spacial score (nSPS) is 11.7. The Hall–Kier alpha value is -2.44. The van der Waals surface area contributed by atoms with Gasteiger partial charge in [0.05, 0.1) is 16.5 Å². The highest BCUT2D eigenvalue weighted by Crippen LogP contribution is 2.27. The van der Waals surface area contributed by atoms with Crippen LogP contribution in [0.15, 0.2) is 29.3 Å². The van der Waals surface area contributed by atoms with E-state index in [1.165, 1.54) is 31.4 Å². The molecule has 0 saturated heterocycles. The summed E-state index contributed by atoms with van der Waals surface area (Å²) in [6, 6.07) is 5.63. The Bertz CT molecular complexity index is 819. The van der Waals surface area contributed by atoms with Gasteiger partial charge in [0.2, 0.25) is 10.0 Å². The fourth-order valence-corrected chi connectivity index (χ4v) is 2.99. The minimum absolute atomic E-state index is 0.0138. The van der Waals surface area contributed by atoms with Gasteiger partial charge in [0.1, 0.15) is 11.4 Å². The molecule has 0 saturated carbocycles. The molecule has 0 fully saturated rings. The third-order valence-corrected chi connectivity index (χ3v) is 4.66. The van der Waals surface area contributed by atoms with Crippen molar-refractivity contribution in [2.75, 3.05) is 13.6 Å². The second kappa shape index (κ2) is 4.92. The molecule has 104 valence electrons. The summed E-state index contributed by atoms with van der Waals surface area (Å²) >= 11 is 0. The Morgan fingerprint density at radius 2 is 2.20 bits per heavy atom. The van der Waals surface area contributed by atoms with E-state index in [9.17, 15) is 18.5 Å². The molecule has 1 aromatic heterocycles. The van der Waals surface area contributed by atoms with Crippen LogP contribution in [0.1, 0.15) is 0 Å². The molecule has 1 heterocycles. The van der Waals surface area contributed by atoms with Crippen molar-refractivity contribution in [3.63, 3.8) is 0 Å². The molecule has 1 N–H and O–H groups in total. The third kappa shape index (κ3) is 2.22. The number of hydrogen-bond donors (Lipinski definition) is 1. The summed E-state index contributed by atoms with van der Waals surface area (Å²) in [5, 5.41) is 19.6. The van der Waals surface area contributed by atoms with Gasteiger partial charge in [0.15, 0.2) is 0 Å². The number of rotatable bonds is 4. The summed E-state index contributed by atoms with van der Waals surface area (Å²) in [5.41, 5.74) is 0.219. The van der Waals surface area contributed by atoms with Crippen LogP contribution in [0.3, 0.4) is 0 Å². The van der Waals surface area contributed by atoms with E-state index < -0.39 is 14.9 Å². The maximum Gasteiger partial charge on any atom is 0.271 e. The van der Waals surface area contributed by atoms with Crippen molar-refractivity contribution in [3.05, 3.63) is 34.5 Å². The Morgan fingerprint density at radius 1 is 1.50 bits per heavy atom. The van der Waals surface area contributed by atoms with E-state index in [4.69, 9.17) is 5.26 Å². The molecule has 1 aromatic carbocycles. The van der Waals surface area contributed by atoms with E-state index in [1.807, 2.05) is 0 Å². The lowest BCUT2D eigenvalue weighted by Gasteiger charge is -2.12. The predicted molar refractivity (Wildman–Crippen MR) is 70.4 cm³/mol. The average molecular weight is 294 g/mol. The van der Waals surface area contributed by atoms with Gasteiger partial charge in [0.25, 0.3) is 5.69 Å². The number of nitro benzene ring substituents is 1. The van der Waals surface area contributed by atoms with Crippen LogP contribution in [-0.2, 0) is 10.0 Å². The van der Waals surface area contributed by atoms with Gasteiger partial charge in [-0.1, -0.05) is 0 Å². The molecule has 2 rings (SSSR count). The van der Waals surface area contributed by atoms with Crippen molar-refractivity contribution in [3.8, 4) is 6.07 Å². The highest BCUT2D eigenvalue weighted by molar-refractivity contribution is 7.89. The SMILES string of the molecule is CN(CC#N)S(=O)(=O)c1c[nH]c2cc([N+](=O)[O-])ccc12. The predicted octanol–water partition coefficient (Wildman–Crippen LogP) is 1.22. The number of sulfonamides is 1. The Kier molecular flexibility index (Phi) is 3.44. The average Bonchev–Trinajstić information content (AvgIpc) is 2.82. The molecule has 0 amide bonds. The van der Waals surface area contributed by atoms with Gasteiger partial charge in [0, 0.05) is 30.8 Å². The van der Waals surface area contributed by atoms with Crippen LogP contribution < -0.4 is 0 Å². The zero-order valence-corrected chi connectivity index (χ0v) is 11.2. The van der Waals surface area contributed by atoms with Crippen molar-refractivity contribution in [1.29, 1.82) is 5.26 Å². The molecule has 0 bridgehead atoms. The summed E-state index contributed by atoms with van der Waals surface area (Å²) in [4.78, 5) is 12.8. The highest BCUT2D eigenvalue weighted by atomic mass is 32.2. The highest BCUT2D eigenvalue weighted by Gasteiger charge is 2.24. The van der Waals surface area contributed by atoms with Gasteiger partial charge in [-0.2, -0.15) is 9.57 Å². The van der Waals surface area contributed by atoms with E-state index in [0.717, 1.165) is 4.31 Å². The minimum atomic E-state index is -3.81. The molecule has 2 aromatic rings. The van der Waals surface area contributed by atoms with E-state index in [1.54, 1.807) is 6.07 Å². The number of H-pyrrole nitrogens is 1. The molecule has 0 aliphatic rings. The van der Waals surface area contributed by atoms with Gasteiger partial charge < -0.3 is 4.98 Å². The second-order valence-electron chi connectivity index (χ2n) is 4.06. The lowest BCUT2D eigenvalue weighted by molar-refractivity contribution is -0.384. The van der Waals surface area contributed by atoms with E-state index in [-0.39, 0.29) is 17.1 Å². The van der Waals surface area contributed by atoms with Crippen LogP contribution in [-0.4, -0.2) is 36.2 Å². The molecule has 0 spiro atoms. The first-order chi connectivity index (χ1) is 9.37. The number of nitrogens with one attached hydrogen (secondary N) is 1. The van der Waals surface area contributed by atoms with Gasteiger partial charge in [-0.05, 0) is 6.07 Å². The lowest BCUT2D eigenvalue weighted by Crippen LogP contribution is -2.27. The van der Waals surface area contributed by atoms with Crippen molar-refractivity contribution in [1.82, 2.24) is 9.29 Å². The number of nitriles is 1. The number of hydrogen-bond acceptors (Lipinski definition) is 5. The number of aromatic nitrogens is 1. The fraction of sp³-hybridized carbons (Fsp3) is 0.182. The fourth-order valence-electron chi connectivity index (χ4n) is 1.77.